The molecule has 2 aromatic carbocycles. The number of carbonyl (C=O) groups is 2. The predicted molar refractivity (Wildman–Crippen MR) is 117 cm³/mol. The molecule has 0 bridgehead atoms. The van der Waals surface area contributed by atoms with Crippen LogP contribution in [-0.2, 0) is 0 Å². The maximum absolute atomic E-state index is 12.7. The Kier molecular flexibility index (Phi) is 7.37. The minimum atomic E-state index is -0.608. The quantitative estimate of drug-likeness (QED) is 0.251. The first-order valence-electron chi connectivity index (χ1n) is 9.41. The zero-order chi connectivity index (χ0) is 22.9. The minimum Gasteiger partial charge on any atom is -0.493 e. The van der Waals surface area contributed by atoms with E-state index in [1.807, 2.05) is 0 Å². The number of nitrogens with one attached hydrogen (secondary N) is 1. The van der Waals surface area contributed by atoms with Crippen molar-refractivity contribution in [3.63, 3.8) is 0 Å². The van der Waals surface area contributed by atoms with Crippen molar-refractivity contribution >= 4 is 18.1 Å². The molecule has 9 heteroatoms. The van der Waals surface area contributed by atoms with Gasteiger partial charge in [-0.2, -0.15) is 5.10 Å². The number of hydrazone groups is 1. The highest BCUT2D eigenvalue weighted by atomic mass is 16.5. The van der Waals surface area contributed by atoms with E-state index in [0.29, 0.717) is 34.1 Å². The van der Waals surface area contributed by atoms with E-state index >= 15 is 0 Å². The van der Waals surface area contributed by atoms with Crippen molar-refractivity contribution in [2.45, 2.75) is 0 Å². The SMILES string of the molecule is COc1cc(C(=O)Oc2cccc(/C=N\NC(=O)c3cccnc3)c2)cc(OC)c1OC. The molecule has 0 fully saturated rings. The fraction of sp³-hybridized carbons (Fsp3) is 0.130. The van der Waals surface area contributed by atoms with Gasteiger partial charge in [0.25, 0.3) is 5.91 Å². The van der Waals surface area contributed by atoms with Crippen LogP contribution in [0.25, 0.3) is 0 Å². The zero-order valence-electron chi connectivity index (χ0n) is 17.7. The summed E-state index contributed by atoms with van der Waals surface area (Å²) in [7, 11) is 4.40. The molecule has 1 aromatic heterocycles. The third kappa shape index (κ3) is 5.39. The van der Waals surface area contributed by atoms with Crippen LogP contribution in [0.3, 0.4) is 0 Å². The van der Waals surface area contributed by atoms with Crippen LogP contribution in [0, 0.1) is 0 Å². The smallest absolute Gasteiger partial charge is 0.343 e. The van der Waals surface area contributed by atoms with Crippen LogP contribution in [0.2, 0.25) is 0 Å². The van der Waals surface area contributed by atoms with Gasteiger partial charge in [-0.1, -0.05) is 12.1 Å². The number of rotatable bonds is 8. The Balaban J connectivity index is 1.70. The largest absolute Gasteiger partial charge is 0.493 e. The van der Waals surface area contributed by atoms with Crippen molar-refractivity contribution < 1.29 is 28.5 Å². The number of nitrogens with zero attached hydrogens (tertiary/aromatic N) is 2. The van der Waals surface area contributed by atoms with Gasteiger partial charge in [0, 0.05) is 12.4 Å². The lowest BCUT2D eigenvalue weighted by atomic mass is 10.1. The van der Waals surface area contributed by atoms with E-state index in [1.54, 1.807) is 42.6 Å². The van der Waals surface area contributed by atoms with Gasteiger partial charge < -0.3 is 18.9 Å². The lowest BCUT2D eigenvalue weighted by Gasteiger charge is -2.13. The van der Waals surface area contributed by atoms with Gasteiger partial charge >= 0.3 is 5.97 Å². The first kappa shape index (κ1) is 22.3. The monoisotopic (exact) mass is 435 g/mol. The highest BCUT2D eigenvalue weighted by Crippen LogP contribution is 2.38. The molecule has 32 heavy (non-hydrogen) atoms. The molecule has 0 atom stereocenters. The molecular formula is C23H21N3O6. The Morgan fingerprint density at radius 3 is 2.31 bits per heavy atom. The molecule has 0 aliphatic rings. The minimum absolute atomic E-state index is 0.224. The summed E-state index contributed by atoms with van der Waals surface area (Å²) in [5.41, 5.74) is 3.64. The van der Waals surface area contributed by atoms with Gasteiger partial charge in [-0.05, 0) is 42.0 Å². The van der Waals surface area contributed by atoms with Gasteiger partial charge in [0.2, 0.25) is 5.75 Å². The van der Waals surface area contributed by atoms with E-state index in [1.165, 1.54) is 45.9 Å². The number of aromatic nitrogens is 1. The summed E-state index contributed by atoms with van der Waals surface area (Å²) in [6.07, 6.45) is 4.45. The summed E-state index contributed by atoms with van der Waals surface area (Å²) < 4.78 is 21.3. The normalized spacial score (nSPS) is 10.5. The van der Waals surface area contributed by atoms with Crippen LogP contribution < -0.4 is 24.4 Å². The van der Waals surface area contributed by atoms with Gasteiger partial charge in [0.1, 0.15) is 5.75 Å². The summed E-state index contributed by atoms with van der Waals surface area (Å²) >= 11 is 0. The summed E-state index contributed by atoms with van der Waals surface area (Å²) in [5, 5.41) is 3.92. The molecule has 0 radical (unpaired) electrons. The van der Waals surface area contributed by atoms with Crippen molar-refractivity contribution in [1.29, 1.82) is 0 Å². The van der Waals surface area contributed by atoms with Crippen molar-refractivity contribution in [2.75, 3.05) is 21.3 Å². The number of amides is 1. The van der Waals surface area contributed by atoms with Crippen molar-refractivity contribution in [3.8, 4) is 23.0 Å². The molecule has 0 saturated carbocycles. The maximum Gasteiger partial charge on any atom is 0.343 e. The molecule has 1 heterocycles. The number of pyridine rings is 1. The zero-order valence-corrected chi connectivity index (χ0v) is 17.7. The number of hydrogen-bond acceptors (Lipinski definition) is 8. The first-order chi connectivity index (χ1) is 15.5. The number of ether oxygens (including phenoxy) is 4. The van der Waals surface area contributed by atoms with Crippen LogP contribution in [0.1, 0.15) is 26.3 Å². The average Bonchev–Trinajstić information content (AvgIpc) is 2.83. The van der Waals surface area contributed by atoms with Crippen molar-refractivity contribution in [1.82, 2.24) is 10.4 Å². The van der Waals surface area contributed by atoms with E-state index in [4.69, 9.17) is 18.9 Å². The molecule has 0 unspecified atom stereocenters. The molecule has 0 aliphatic heterocycles. The second-order valence-corrected chi connectivity index (χ2v) is 6.32. The maximum atomic E-state index is 12.7. The van der Waals surface area contributed by atoms with Crippen molar-refractivity contribution in [2.24, 2.45) is 5.10 Å². The van der Waals surface area contributed by atoms with Gasteiger partial charge in [-0.25, -0.2) is 10.2 Å². The van der Waals surface area contributed by atoms with Gasteiger partial charge in [0.05, 0.1) is 38.7 Å². The fourth-order valence-corrected chi connectivity index (χ4v) is 2.75. The summed E-state index contributed by atoms with van der Waals surface area (Å²) in [6.45, 7) is 0. The summed E-state index contributed by atoms with van der Waals surface area (Å²) in [4.78, 5) is 28.5. The van der Waals surface area contributed by atoms with E-state index < -0.39 is 5.97 Å². The molecule has 164 valence electrons. The standard InChI is InChI=1S/C23H21N3O6/c1-29-19-11-17(12-20(30-2)21(19)31-3)23(28)32-18-8-4-6-15(10-18)13-25-26-22(27)16-7-5-9-24-14-16/h4-14H,1-3H3,(H,26,27)/b25-13-. The second-order valence-electron chi connectivity index (χ2n) is 6.32. The van der Waals surface area contributed by atoms with E-state index in [-0.39, 0.29) is 11.5 Å². The van der Waals surface area contributed by atoms with Crippen LogP contribution >= 0.6 is 0 Å². The lowest BCUT2D eigenvalue weighted by molar-refractivity contribution is 0.0733. The fourth-order valence-electron chi connectivity index (χ4n) is 2.75. The molecule has 1 N–H and O–H groups in total. The molecule has 0 saturated heterocycles. The Bertz CT molecular complexity index is 1110. The number of hydrogen-bond donors (Lipinski definition) is 1. The Morgan fingerprint density at radius 2 is 1.69 bits per heavy atom. The highest BCUT2D eigenvalue weighted by Gasteiger charge is 2.18. The molecular weight excluding hydrogens is 414 g/mol. The topological polar surface area (TPSA) is 108 Å². The number of methoxy groups -OCH3 is 3. The highest BCUT2D eigenvalue weighted by molar-refractivity contribution is 5.95. The molecule has 1 amide bonds. The number of esters is 1. The van der Waals surface area contributed by atoms with E-state index in [2.05, 4.69) is 15.5 Å². The third-order valence-electron chi connectivity index (χ3n) is 4.27. The van der Waals surface area contributed by atoms with Crippen LogP contribution in [0.5, 0.6) is 23.0 Å². The summed E-state index contributed by atoms with van der Waals surface area (Å²) in [5.74, 6) is 0.347. The molecule has 0 spiro atoms. The van der Waals surface area contributed by atoms with Gasteiger partial charge in [-0.3, -0.25) is 9.78 Å². The first-order valence-corrected chi connectivity index (χ1v) is 9.41. The van der Waals surface area contributed by atoms with E-state index in [9.17, 15) is 9.59 Å². The Labute approximate surface area is 184 Å². The van der Waals surface area contributed by atoms with Gasteiger partial charge in [-0.15, -0.1) is 0 Å². The summed E-state index contributed by atoms with van der Waals surface area (Å²) in [6, 6.07) is 13.0. The van der Waals surface area contributed by atoms with Crippen LogP contribution in [0.15, 0.2) is 66.0 Å². The Hall–Kier alpha value is -4.40. The average molecular weight is 435 g/mol. The van der Waals surface area contributed by atoms with Crippen LogP contribution in [0.4, 0.5) is 0 Å². The van der Waals surface area contributed by atoms with Crippen molar-refractivity contribution in [3.05, 3.63) is 77.6 Å². The van der Waals surface area contributed by atoms with E-state index in [0.717, 1.165) is 0 Å². The predicted octanol–water partition coefficient (Wildman–Crippen LogP) is 3.09. The van der Waals surface area contributed by atoms with Crippen LogP contribution in [-0.4, -0.2) is 44.4 Å². The molecule has 3 aromatic rings. The second kappa shape index (κ2) is 10.6. The number of benzene rings is 2. The number of carbonyl (C=O) groups excluding carboxylic acids is 2. The van der Waals surface area contributed by atoms with Gasteiger partial charge in [0.15, 0.2) is 11.5 Å². The Morgan fingerprint density at radius 1 is 0.938 bits per heavy atom. The molecule has 3 rings (SSSR count). The molecule has 0 aliphatic carbocycles. The lowest BCUT2D eigenvalue weighted by Crippen LogP contribution is -2.17. The third-order valence-corrected chi connectivity index (χ3v) is 4.27. The molecule has 9 nitrogen and oxygen atoms in total.